The Morgan fingerprint density at radius 1 is 0.570 bits per heavy atom. The predicted octanol–water partition coefficient (Wildman–Crippen LogP) is 12.0. The van der Waals surface area contributed by atoms with Crippen LogP contribution in [-0.2, 0) is 26.7 Å². The maximum absolute atomic E-state index is 5.48. The number of aliphatic imine (C=N–C) groups is 1. The molecule has 21 rings (SSSR count). The maximum Gasteiger partial charge on any atom is 0.261 e. The van der Waals surface area contributed by atoms with Crippen molar-refractivity contribution in [2.75, 3.05) is 13.7 Å². The number of aromatic nitrogens is 6. The molecule has 0 spiro atoms. The minimum Gasteiger partial charge on any atom is -0.496 e. The average molecular weight is 1080 g/mol. The zero-order chi connectivity index (χ0) is 53.3. The Labute approximate surface area is 470 Å². The van der Waals surface area contributed by atoms with Gasteiger partial charge in [0.15, 0.2) is 5.82 Å². The van der Waals surface area contributed by atoms with Gasteiger partial charge in [-0.2, -0.15) is 10.1 Å². The van der Waals surface area contributed by atoms with E-state index in [1.807, 2.05) is 49.1 Å². The lowest BCUT2D eigenvalue weighted by atomic mass is 9.53. The van der Waals surface area contributed by atoms with Gasteiger partial charge in [0.25, 0.3) is 5.89 Å². The molecule has 3 aromatic heterocycles. The first-order chi connectivity index (χ1) is 38.3. The van der Waals surface area contributed by atoms with E-state index in [9.17, 15) is 0 Å². The molecule has 79 heavy (non-hydrogen) atoms. The lowest BCUT2D eigenvalue weighted by Gasteiger charge is -2.57. The third kappa shape index (κ3) is 11.6. The number of methoxy groups -OCH3 is 1. The van der Waals surface area contributed by atoms with E-state index in [0.29, 0.717) is 40.5 Å². The highest BCUT2D eigenvalue weighted by Crippen LogP contribution is 2.59. The van der Waals surface area contributed by atoms with Gasteiger partial charge in [0.2, 0.25) is 11.8 Å². The van der Waals surface area contributed by atoms with Crippen LogP contribution in [0.5, 0.6) is 5.75 Å². The fourth-order valence-corrected chi connectivity index (χ4v) is 21.4. The van der Waals surface area contributed by atoms with Crippen LogP contribution >= 0.6 is 0 Å². The molecule has 14 heteroatoms. The first-order valence-corrected chi connectivity index (χ1v) is 31.8. The van der Waals surface area contributed by atoms with Gasteiger partial charge in [0.1, 0.15) is 5.75 Å². The summed E-state index contributed by atoms with van der Waals surface area (Å²) in [5.41, 5.74) is 6.63. The number of nitrogens with zero attached hydrogens (tertiary/aromatic N) is 7. The van der Waals surface area contributed by atoms with E-state index in [4.69, 9.17) is 13.7 Å². The molecule has 14 nitrogen and oxygen atoms in total. The quantitative estimate of drug-likeness (QED) is 0.0946. The van der Waals surface area contributed by atoms with Gasteiger partial charge >= 0.3 is 0 Å². The molecule has 16 bridgehead atoms. The monoisotopic (exact) mass is 1080 g/mol. The van der Waals surface area contributed by atoms with Gasteiger partial charge in [0, 0.05) is 79.3 Å². The van der Waals surface area contributed by atoms with Crippen LogP contribution in [0.4, 0.5) is 0 Å². The number of hydrogen-bond donors (Lipinski definition) is 4. The smallest absolute Gasteiger partial charge is 0.261 e. The molecule has 16 fully saturated rings. The fourth-order valence-electron chi connectivity index (χ4n) is 21.4. The van der Waals surface area contributed by atoms with Crippen molar-refractivity contribution in [3.05, 3.63) is 71.6 Å². The van der Waals surface area contributed by atoms with Crippen LogP contribution < -0.4 is 26.0 Å². The van der Waals surface area contributed by atoms with Crippen molar-refractivity contribution in [3.63, 3.8) is 0 Å². The van der Waals surface area contributed by atoms with Gasteiger partial charge in [-0.05, 0) is 250 Å². The van der Waals surface area contributed by atoms with Crippen molar-refractivity contribution in [2.24, 2.45) is 83.1 Å². The van der Waals surface area contributed by atoms with Gasteiger partial charge in [-0.3, -0.25) is 9.67 Å². The van der Waals surface area contributed by atoms with E-state index in [2.05, 4.69) is 71.0 Å². The predicted molar refractivity (Wildman–Crippen MR) is 306 cm³/mol. The van der Waals surface area contributed by atoms with Crippen LogP contribution in [-0.4, -0.2) is 71.6 Å². The third-order valence-electron chi connectivity index (χ3n) is 22.8. The van der Waals surface area contributed by atoms with Crippen LogP contribution in [0.2, 0.25) is 0 Å². The summed E-state index contributed by atoms with van der Waals surface area (Å²) >= 11 is 0. The van der Waals surface area contributed by atoms with E-state index in [1.165, 1.54) is 171 Å². The molecule has 4 N–H and O–H groups in total. The topological polar surface area (TPSA) is 165 Å². The van der Waals surface area contributed by atoms with Gasteiger partial charge in [-0.25, -0.2) is 0 Å². The van der Waals surface area contributed by atoms with Crippen LogP contribution in [0.3, 0.4) is 0 Å². The Morgan fingerprint density at radius 2 is 1.01 bits per heavy atom. The standard InChI is InChI=1S/C20H25N3O2.C16H24N2.C15H23N3.C14H21N3O/c1-24-17-5-3-2-4-16(17)19-22-18(23-25-19)12-21-20-9-13-6-14(10-20)8-15(7-13)11-20;1-11-2-15(9-17-11)10-18-16-6-12-3-13(7-16)5-14(4-12)8-16;1-18-10-14(9-17-18)8-16-15-5-11-2-12(6-15)4-13(3-11)7-15;1-9-16-17-13(18-9)8-15-14-5-10-2-11(6-14)4-12(3-10)7-14/h2-5,13-15,21H,6-12H2,1H3;9,12-14,18H,2-8,10H2,1H3;9-13,16H,2-8H2,1H3;10-12,15H,2-8H2,1H3. The molecule has 0 radical (unpaired) electrons. The third-order valence-corrected chi connectivity index (χ3v) is 22.8. The Balaban J connectivity index is 0.0000000963. The molecular formula is C65H93N11O3. The summed E-state index contributed by atoms with van der Waals surface area (Å²) in [6.07, 6.45) is 42.0. The molecule has 4 heterocycles. The van der Waals surface area contributed by atoms with Crippen molar-refractivity contribution in [1.82, 2.24) is 51.4 Å². The van der Waals surface area contributed by atoms with Gasteiger partial charge in [0.05, 0.1) is 32.0 Å². The number of rotatable bonds is 14. The first-order valence-electron chi connectivity index (χ1n) is 31.8. The van der Waals surface area contributed by atoms with Crippen LogP contribution in [0.25, 0.3) is 11.5 Å². The fraction of sp³-hybridized carbons (Fsp3) is 0.754. The number of nitrogens with one attached hydrogen (secondary N) is 4. The van der Waals surface area contributed by atoms with Crippen molar-refractivity contribution in [3.8, 4) is 17.2 Å². The zero-order valence-electron chi connectivity index (χ0n) is 48.3. The molecular weight excluding hydrogens is 983 g/mol. The lowest BCUT2D eigenvalue weighted by molar-refractivity contribution is -0.0216. The number of ether oxygens (including phenoxy) is 1. The highest BCUT2D eigenvalue weighted by Gasteiger charge is 2.54. The molecule has 16 aliphatic carbocycles. The largest absolute Gasteiger partial charge is 0.496 e. The van der Waals surface area contributed by atoms with Crippen molar-refractivity contribution in [1.29, 1.82) is 0 Å². The Bertz CT molecular complexity index is 2610. The van der Waals surface area contributed by atoms with Crippen molar-refractivity contribution >= 4 is 5.71 Å². The minimum atomic E-state index is 0.319. The SMILES string of the molecule is CC1=NC=C(CNC23CC4CC(CC(C4)C2)C3)C1.COc1ccccc1-c1nc(CNC23CC4CC(CC(C4)C2)C3)no1.Cc1nnc(CNC23CC4CC(CC(C4)C2)C3)o1.Cn1cc(CNC23CC4CC(CC(C4)C2)C3)cn1. The molecule has 16 saturated carbocycles. The summed E-state index contributed by atoms with van der Waals surface area (Å²) in [6.45, 7) is 7.49. The second-order valence-electron chi connectivity index (χ2n) is 29.5. The minimum absolute atomic E-state index is 0.319. The number of benzene rings is 1. The van der Waals surface area contributed by atoms with Gasteiger partial charge < -0.3 is 34.9 Å². The summed E-state index contributed by atoms with van der Waals surface area (Å²) in [5.74, 6) is 15.4. The lowest BCUT2D eigenvalue weighted by Crippen LogP contribution is -2.58. The summed E-state index contributed by atoms with van der Waals surface area (Å²) in [5, 5.41) is 31.9. The molecule has 426 valence electrons. The Kier molecular flexibility index (Phi) is 14.4. The highest BCUT2D eigenvalue weighted by molar-refractivity contribution is 5.86. The number of hydrogen-bond acceptors (Lipinski definition) is 13. The highest BCUT2D eigenvalue weighted by atomic mass is 16.5. The summed E-state index contributed by atoms with van der Waals surface area (Å²) < 4.78 is 18.2. The molecule has 1 aliphatic heterocycles. The molecule has 0 saturated heterocycles. The molecule has 4 aromatic rings. The maximum atomic E-state index is 5.48. The van der Waals surface area contributed by atoms with E-state index in [0.717, 1.165) is 120 Å². The van der Waals surface area contributed by atoms with Crippen LogP contribution in [0, 0.1) is 77.9 Å². The van der Waals surface area contributed by atoms with E-state index >= 15 is 0 Å². The van der Waals surface area contributed by atoms with Crippen LogP contribution in [0.1, 0.15) is 191 Å². The van der Waals surface area contributed by atoms with Gasteiger partial charge in [-0.1, -0.05) is 17.3 Å². The average Bonchev–Trinajstić information content (AvgIpc) is 4.39. The summed E-state index contributed by atoms with van der Waals surface area (Å²) in [4.78, 5) is 8.98. The van der Waals surface area contributed by atoms with Crippen molar-refractivity contribution in [2.45, 2.75) is 216 Å². The zero-order valence-corrected chi connectivity index (χ0v) is 48.3. The Hall–Kier alpha value is -4.24. The molecule has 0 amide bonds. The first kappa shape index (κ1) is 52.8. The number of para-hydroxylation sites is 1. The summed E-state index contributed by atoms with van der Waals surface area (Å²) in [6, 6.07) is 7.75. The van der Waals surface area contributed by atoms with E-state index in [-0.39, 0.29) is 0 Å². The molecule has 0 unspecified atom stereocenters. The van der Waals surface area contributed by atoms with E-state index < -0.39 is 0 Å². The van der Waals surface area contributed by atoms with Gasteiger partial charge in [-0.15, -0.1) is 10.2 Å². The number of aryl methyl sites for hydroxylation is 2. The molecule has 0 atom stereocenters. The molecule has 17 aliphatic rings. The summed E-state index contributed by atoms with van der Waals surface area (Å²) in [7, 11) is 3.65. The second-order valence-corrected chi connectivity index (χ2v) is 29.5. The second kappa shape index (κ2) is 21.5. The van der Waals surface area contributed by atoms with Crippen molar-refractivity contribution < 1.29 is 13.7 Å². The molecule has 1 aromatic carbocycles. The Morgan fingerprint density at radius 3 is 1.42 bits per heavy atom. The van der Waals surface area contributed by atoms with E-state index in [1.54, 1.807) is 7.11 Å². The normalized spacial score (nSPS) is 39.6. The van der Waals surface area contributed by atoms with Crippen LogP contribution in [0.15, 0.2) is 62.4 Å².